The quantitative estimate of drug-likeness (QED) is 0.472. The molecule has 2 aromatic carbocycles. The third-order valence-corrected chi connectivity index (χ3v) is 5.36. The van der Waals surface area contributed by atoms with Crippen LogP contribution in [0.1, 0.15) is 23.7 Å². The Labute approximate surface area is 171 Å². The van der Waals surface area contributed by atoms with Gasteiger partial charge in [0.2, 0.25) is 5.91 Å². The maximum atomic E-state index is 12.0. The van der Waals surface area contributed by atoms with Gasteiger partial charge in [0, 0.05) is 23.3 Å². The normalized spacial score (nSPS) is 16.8. The lowest BCUT2D eigenvalue weighted by Crippen LogP contribution is -2.23. The second-order valence-electron chi connectivity index (χ2n) is 6.66. The standard InChI is InChI=1S/C21H23N3O4S/c25-19(16-4-2-1-3-5-16)13-22-11-10-15-6-8-17(9-7-15)23-20(26)12-18-14-29(28)21(27)24-18/h1-9,14,19,22,25H,10-13H2,(H,23,26)(H,24,27)/t19-,29?/m0/s1. The molecule has 0 radical (unpaired) electrons. The van der Waals surface area contributed by atoms with Crippen LogP contribution in [-0.4, -0.2) is 33.6 Å². The zero-order valence-electron chi connectivity index (χ0n) is 15.8. The highest BCUT2D eigenvalue weighted by Crippen LogP contribution is 2.14. The molecule has 0 saturated carbocycles. The van der Waals surface area contributed by atoms with Crippen molar-refractivity contribution in [3.8, 4) is 0 Å². The van der Waals surface area contributed by atoms with Gasteiger partial charge < -0.3 is 21.1 Å². The Morgan fingerprint density at radius 3 is 2.48 bits per heavy atom. The largest absolute Gasteiger partial charge is 0.387 e. The van der Waals surface area contributed by atoms with E-state index in [1.165, 1.54) is 5.41 Å². The Kier molecular flexibility index (Phi) is 7.29. The fraction of sp³-hybridized carbons (Fsp3) is 0.238. The molecule has 0 saturated heterocycles. The van der Waals surface area contributed by atoms with Crippen LogP contribution < -0.4 is 16.0 Å². The lowest BCUT2D eigenvalue weighted by Gasteiger charge is -2.12. The summed E-state index contributed by atoms with van der Waals surface area (Å²) in [6, 6.07) is 17.0. The molecule has 4 N–H and O–H groups in total. The summed E-state index contributed by atoms with van der Waals surface area (Å²) in [5.41, 5.74) is 2.99. The summed E-state index contributed by atoms with van der Waals surface area (Å²) in [5.74, 6) is -0.292. The highest BCUT2D eigenvalue weighted by molar-refractivity contribution is 8.03. The summed E-state index contributed by atoms with van der Waals surface area (Å²) in [6.45, 7) is 1.20. The van der Waals surface area contributed by atoms with Gasteiger partial charge in [0.25, 0.3) is 0 Å². The number of hydrogen-bond donors (Lipinski definition) is 4. The van der Waals surface area contributed by atoms with Gasteiger partial charge >= 0.3 is 5.24 Å². The molecule has 152 valence electrons. The van der Waals surface area contributed by atoms with Crippen LogP contribution in [0.5, 0.6) is 0 Å². The minimum atomic E-state index is -1.70. The van der Waals surface area contributed by atoms with Crippen molar-refractivity contribution in [1.82, 2.24) is 10.6 Å². The Morgan fingerprint density at radius 2 is 1.83 bits per heavy atom. The monoisotopic (exact) mass is 413 g/mol. The lowest BCUT2D eigenvalue weighted by atomic mass is 10.1. The molecule has 2 aromatic rings. The van der Waals surface area contributed by atoms with Crippen LogP contribution in [0, 0.1) is 0 Å². The number of carbonyl (C=O) groups excluding carboxylic acids is 2. The second-order valence-corrected chi connectivity index (χ2v) is 7.86. The first-order valence-electron chi connectivity index (χ1n) is 9.26. The molecule has 1 unspecified atom stereocenters. The first-order chi connectivity index (χ1) is 14.0. The molecule has 0 bridgehead atoms. The molecule has 2 amide bonds. The molecule has 29 heavy (non-hydrogen) atoms. The summed E-state index contributed by atoms with van der Waals surface area (Å²) in [4.78, 5) is 23.2. The van der Waals surface area contributed by atoms with Gasteiger partial charge in [0.15, 0.2) is 0 Å². The van der Waals surface area contributed by atoms with Gasteiger partial charge in [-0.25, -0.2) is 4.21 Å². The topological polar surface area (TPSA) is 108 Å². The lowest BCUT2D eigenvalue weighted by molar-refractivity contribution is -0.115. The first-order valence-corrected chi connectivity index (χ1v) is 10.5. The molecule has 0 aromatic heterocycles. The molecular formula is C21H23N3O4S. The number of nitrogens with one attached hydrogen (secondary N) is 3. The van der Waals surface area contributed by atoms with Crippen LogP contribution in [-0.2, 0) is 22.0 Å². The van der Waals surface area contributed by atoms with Crippen molar-refractivity contribution in [2.24, 2.45) is 0 Å². The SMILES string of the molecule is O=C(CC1=CS(=O)C(=O)N1)Nc1ccc(CCNC[C@H](O)c2ccccc2)cc1. The number of anilines is 1. The molecule has 1 aliphatic rings. The van der Waals surface area contributed by atoms with Gasteiger partial charge in [-0.2, -0.15) is 0 Å². The highest BCUT2D eigenvalue weighted by Gasteiger charge is 2.21. The Bertz CT molecular complexity index is 913. The highest BCUT2D eigenvalue weighted by atomic mass is 32.2. The predicted molar refractivity (Wildman–Crippen MR) is 112 cm³/mol. The van der Waals surface area contributed by atoms with Crippen LogP contribution in [0.2, 0.25) is 0 Å². The number of aliphatic hydroxyl groups is 1. The molecule has 3 rings (SSSR count). The summed E-state index contributed by atoms with van der Waals surface area (Å²) in [7, 11) is -1.70. The zero-order chi connectivity index (χ0) is 20.6. The van der Waals surface area contributed by atoms with E-state index in [-0.39, 0.29) is 12.3 Å². The van der Waals surface area contributed by atoms with Crippen molar-refractivity contribution in [2.45, 2.75) is 18.9 Å². The van der Waals surface area contributed by atoms with Crippen molar-refractivity contribution in [1.29, 1.82) is 0 Å². The number of amides is 2. The Balaban J connectivity index is 1.38. The van der Waals surface area contributed by atoms with Gasteiger partial charge in [-0.15, -0.1) is 0 Å². The summed E-state index contributed by atoms with van der Waals surface area (Å²) in [6.07, 6.45) is 0.221. The van der Waals surface area contributed by atoms with Crippen molar-refractivity contribution < 1.29 is 18.9 Å². The molecule has 0 spiro atoms. The first kappa shape index (κ1) is 20.9. The predicted octanol–water partition coefficient (Wildman–Crippen LogP) is 2.19. The maximum absolute atomic E-state index is 12.0. The van der Waals surface area contributed by atoms with E-state index in [0.717, 1.165) is 24.1 Å². The smallest absolute Gasteiger partial charge is 0.317 e. The molecule has 0 aliphatic carbocycles. The molecule has 0 fully saturated rings. The van der Waals surface area contributed by atoms with Crippen LogP contribution in [0.3, 0.4) is 0 Å². The van der Waals surface area contributed by atoms with Gasteiger partial charge in [0.1, 0.15) is 10.8 Å². The number of rotatable bonds is 9. The zero-order valence-corrected chi connectivity index (χ0v) is 16.6. The van der Waals surface area contributed by atoms with Crippen LogP contribution >= 0.6 is 0 Å². The van der Waals surface area contributed by atoms with Crippen molar-refractivity contribution in [3.63, 3.8) is 0 Å². The van der Waals surface area contributed by atoms with Crippen LogP contribution in [0.15, 0.2) is 65.7 Å². The second kappa shape index (κ2) is 10.1. The van der Waals surface area contributed by atoms with E-state index in [4.69, 9.17) is 0 Å². The third kappa shape index (κ3) is 6.35. The van der Waals surface area contributed by atoms with Crippen LogP contribution in [0.4, 0.5) is 10.5 Å². The van der Waals surface area contributed by atoms with Crippen molar-refractivity contribution in [2.75, 3.05) is 18.4 Å². The number of benzene rings is 2. The third-order valence-electron chi connectivity index (χ3n) is 4.40. The number of aliphatic hydroxyl groups excluding tert-OH is 1. The number of carbonyl (C=O) groups is 2. The van der Waals surface area contributed by atoms with E-state index in [2.05, 4.69) is 16.0 Å². The van der Waals surface area contributed by atoms with Gasteiger partial charge in [-0.3, -0.25) is 9.59 Å². The van der Waals surface area contributed by atoms with E-state index in [1.54, 1.807) is 0 Å². The van der Waals surface area contributed by atoms with Crippen LogP contribution in [0.25, 0.3) is 0 Å². The minimum absolute atomic E-state index is 0.0348. The van der Waals surface area contributed by atoms with E-state index >= 15 is 0 Å². The Morgan fingerprint density at radius 1 is 1.10 bits per heavy atom. The molecular weight excluding hydrogens is 390 g/mol. The summed E-state index contributed by atoms with van der Waals surface area (Å²) in [5, 5.41) is 19.2. The molecule has 1 aliphatic heterocycles. The Hall–Kier alpha value is -2.81. The average Bonchev–Trinajstić information content (AvgIpc) is 3.03. The maximum Gasteiger partial charge on any atom is 0.317 e. The van der Waals surface area contributed by atoms with E-state index in [9.17, 15) is 18.9 Å². The minimum Gasteiger partial charge on any atom is -0.387 e. The van der Waals surface area contributed by atoms with E-state index < -0.39 is 22.1 Å². The molecule has 1 heterocycles. The molecule has 8 heteroatoms. The number of hydrogen-bond acceptors (Lipinski definition) is 5. The van der Waals surface area contributed by atoms with Gasteiger partial charge in [-0.05, 0) is 36.2 Å². The molecule has 2 atom stereocenters. The van der Waals surface area contributed by atoms with Gasteiger partial charge in [-0.1, -0.05) is 42.5 Å². The van der Waals surface area contributed by atoms with E-state index in [1.807, 2.05) is 54.6 Å². The fourth-order valence-electron chi connectivity index (χ4n) is 2.88. The summed E-state index contributed by atoms with van der Waals surface area (Å²) >= 11 is 0. The van der Waals surface area contributed by atoms with E-state index in [0.29, 0.717) is 17.9 Å². The van der Waals surface area contributed by atoms with Crippen molar-refractivity contribution >= 4 is 27.6 Å². The van der Waals surface area contributed by atoms with Crippen molar-refractivity contribution in [3.05, 3.63) is 76.8 Å². The van der Waals surface area contributed by atoms with Gasteiger partial charge in [0.05, 0.1) is 12.5 Å². The average molecular weight is 413 g/mol. The summed E-state index contributed by atoms with van der Waals surface area (Å²) < 4.78 is 11.3. The molecule has 7 nitrogen and oxygen atoms in total. The fourth-order valence-corrected chi connectivity index (χ4v) is 3.62.